The van der Waals surface area contributed by atoms with Gasteiger partial charge in [0.25, 0.3) is 5.91 Å². The van der Waals surface area contributed by atoms with Gasteiger partial charge in [-0.2, -0.15) is 0 Å². The van der Waals surface area contributed by atoms with Crippen molar-refractivity contribution in [3.63, 3.8) is 0 Å². The molecule has 0 saturated carbocycles. The molecule has 0 aliphatic rings. The molecule has 0 radical (unpaired) electrons. The van der Waals surface area contributed by atoms with Gasteiger partial charge in [-0.15, -0.1) is 11.8 Å². The van der Waals surface area contributed by atoms with Crippen LogP contribution in [0.4, 0.5) is 10.1 Å². The van der Waals surface area contributed by atoms with Crippen LogP contribution >= 0.6 is 11.8 Å². The molecule has 0 aliphatic heterocycles. The van der Waals surface area contributed by atoms with E-state index in [0.717, 1.165) is 0 Å². The van der Waals surface area contributed by atoms with Gasteiger partial charge in [0.05, 0.1) is 10.8 Å². The van der Waals surface area contributed by atoms with E-state index in [9.17, 15) is 14.0 Å². The first-order chi connectivity index (χ1) is 11.4. The van der Waals surface area contributed by atoms with Crippen LogP contribution in [-0.4, -0.2) is 17.1 Å². The number of anilines is 1. The zero-order valence-corrected chi connectivity index (χ0v) is 14.3. The van der Waals surface area contributed by atoms with Crippen molar-refractivity contribution in [1.82, 2.24) is 0 Å². The summed E-state index contributed by atoms with van der Waals surface area (Å²) in [7, 11) is 0. The number of thioether (sulfide) groups is 1. The molecule has 24 heavy (non-hydrogen) atoms. The molecular weight excluding hydrogens is 327 g/mol. The van der Waals surface area contributed by atoms with Gasteiger partial charge in [0.15, 0.2) is 0 Å². The van der Waals surface area contributed by atoms with E-state index in [4.69, 9.17) is 5.73 Å². The van der Waals surface area contributed by atoms with E-state index in [1.807, 2.05) is 6.92 Å². The van der Waals surface area contributed by atoms with Crippen molar-refractivity contribution >= 4 is 29.3 Å². The van der Waals surface area contributed by atoms with E-state index in [-0.39, 0.29) is 11.7 Å². The highest BCUT2D eigenvalue weighted by atomic mass is 32.2. The number of hydrogen-bond donors (Lipinski definition) is 2. The maximum Gasteiger partial charge on any atom is 0.256 e. The number of carbonyl (C=O) groups is 2. The number of aryl methyl sites for hydroxylation is 1. The molecule has 126 valence electrons. The predicted octanol–water partition coefficient (Wildman–Crippen LogP) is 3.61. The second-order valence-corrected chi connectivity index (χ2v) is 6.66. The van der Waals surface area contributed by atoms with E-state index in [1.165, 1.54) is 17.8 Å². The van der Waals surface area contributed by atoms with Gasteiger partial charge in [-0.3, -0.25) is 9.59 Å². The lowest BCUT2D eigenvalue weighted by Gasteiger charge is -2.12. The molecule has 2 aromatic rings. The molecule has 2 aromatic carbocycles. The standard InChI is InChI=1S/C18H19FN2O2S/c1-3-12-8-9-13(10-15(12)19)21-18(23)14-6-4-5-7-16(14)24-11(2)17(20)22/h4-11H,3H2,1-2H3,(H2,20,22)(H,21,23)/t11-/m1/s1. The summed E-state index contributed by atoms with van der Waals surface area (Å²) in [5.74, 6) is -1.16. The normalized spacial score (nSPS) is 11.8. The van der Waals surface area contributed by atoms with Crippen molar-refractivity contribution in [2.75, 3.05) is 5.32 Å². The molecule has 0 aromatic heterocycles. The average Bonchev–Trinajstić information content (AvgIpc) is 2.55. The van der Waals surface area contributed by atoms with Crippen molar-refractivity contribution in [3.05, 3.63) is 59.4 Å². The third kappa shape index (κ3) is 4.35. The minimum absolute atomic E-state index is 0.347. The van der Waals surface area contributed by atoms with Crippen LogP contribution in [-0.2, 0) is 11.2 Å². The van der Waals surface area contributed by atoms with E-state index >= 15 is 0 Å². The largest absolute Gasteiger partial charge is 0.369 e. The molecule has 4 nitrogen and oxygen atoms in total. The Morgan fingerprint density at radius 1 is 1.25 bits per heavy atom. The Labute approximate surface area is 144 Å². The zero-order valence-electron chi connectivity index (χ0n) is 13.5. The van der Waals surface area contributed by atoms with Crippen molar-refractivity contribution in [3.8, 4) is 0 Å². The lowest BCUT2D eigenvalue weighted by Crippen LogP contribution is -2.23. The van der Waals surface area contributed by atoms with Gasteiger partial charge < -0.3 is 11.1 Å². The number of primary amides is 1. The number of carbonyl (C=O) groups excluding carboxylic acids is 2. The van der Waals surface area contributed by atoms with Crippen LogP contribution in [0.1, 0.15) is 29.8 Å². The molecule has 3 N–H and O–H groups in total. The Morgan fingerprint density at radius 3 is 2.58 bits per heavy atom. The van der Waals surface area contributed by atoms with Gasteiger partial charge >= 0.3 is 0 Å². The molecule has 0 aliphatic carbocycles. The van der Waals surface area contributed by atoms with Crippen LogP contribution in [0.3, 0.4) is 0 Å². The number of nitrogens with one attached hydrogen (secondary N) is 1. The van der Waals surface area contributed by atoms with Crippen molar-refractivity contribution < 1.29 is 14.0 Å². The molecule has 0 unspecified atom stereocenters. The van der Waals surface area contributed by atoms with Crippen LogP contribution in [0, 0.1) is 5.82 Å². The summed E-state index contributed by atoms with van der Waals surface area (Å²) in [6.07, 6.45) is 0.588. The zero-order chi connectivity index (χ0) is 17.7. The summed E-state index contributed by atoms with van der Waals surface area (Å²) in [6.45, 7) is 3.55. The molecule has 0 spiro atoms. The second kappa shape index (κ2) is 7.97. The summed E-state index contributed by atoms with van der Waals surface area (Å²) < 4.78 is 13.8. The fraction of sp³-hybridized carbons (Fsp3) is 0.222. The average molecular weight is 346 g/mol. The lowest BCUT2D eigenvalue weighted by molar-refractivity contribution is -0.117. The van der Waals surface area contributed by atoms with Gasteiger partial charge in [-0.25, -0.2) is 4.39 Å². The summed E-state index contributed by atoms with van der Waals surface area (Å²) in [4.78, 5) is 24.4. The molecule has 0 heterocycles. The third-order valence-corrected chi connectivity index (χ3v) is 4.72. The number of amides is 2. The van der Waals surface area contributed by atoms with Crippen molar-refractivity contribution in [1.29, 1.82) is 0 Å². The molecular formula is C18H19FN2O2S. The minimum Gasteiger partial charge on any atom is -0.369 e. The Bertz CT molecular complexity index is 764. The quantitative estimate of drug-likeness (QED) is 0.785. The molecule has 2 amide bonds. The summed E-state index contributed by atoms with van der Waals surface area (Å²) in [6, 6.07) is 11.5. The minimum atomic E-state index is -0.458. The highest BCUT2D eigenvalue weighted by Crippen LogP contribution is 2.27. The smallest absolute Gasteiger partial charge is 0.256 e. The number of halogens is 1. The fourth-order valence-corrected chi connectivity index (χ4v) is 3.06. The molecule has 0 saturated heterocycles. The Balaban J connectivity index is 2.21. The Morgan fingerprint density at radius 2 is 1.96 bits per heavy atom. The highest BCUT2D eigenvalue weighted by molar-refractivity contribution is 8.00. The lowest BCUT2D eigenvalue weighted by atomic mass is 10.1. The van der Waals surface area contributed by atoms with Gasteiger partial charge in [0.1, 0.15) is 5.82 Å². The summed E-state index contributed by atoms with van der Waals surface area (Å²) in [5, 5.41) is 2.23. The van der Waals surface area contributed by atoms with Gasteiger partial charge in [-0.1, -0.05) is 25.1 Å². The van der Waals surface area contributed by atoms with Crippen LogP contribution in [0.2, 0.25) is 0 Å². The predicted molar refractivity (Wildman–Crippen MR) is 94.7 cm³/mol. The first-order valence-corrected chi connectivity index (χ1v) is 8.45. The van der Waals surface area contributed by atoms with E-state index in [2.05, 4.69) is 5.32 Å². The van der Waals surface area contributed by atoms with E-state index in [0.29, 0.717) is 28.1 Å². The molecule has 0 bridgehead atoms. The van der Waals surface area contributed by atoms with Crippen molar-refractivity contribution in [2.45, 2.75) is 30.4 Å². The monoisotopic (exact) mass is 346 g/mol. The topological polar surface area (TPSA) is 72.2 Å². The second-order valence-electron chi connectivity index (χ2n) is 5.27. The first-order valence-electron chi connectivity index (χ1n) is 7.57. The van der Waals surface area contributed by atoms with Crippen molar-refractivity contribution in [2.24, 2.45) is 5.73 Å². The maximum absolute atomic E-state index is 13.8. The highest BCUT2D eigenvalue weighted by Gasteiger charge is 2.17. The van der Waals surface area contributed by atoms with Gasteiger partial charge in [0.2, 0.25) is 5.91 Å². The summed E-state index contributed by atoms with van der Waals surface area (Å²) >= 11 is 1.22. The molecule has 1 atom stereocenters. The van der Waals surface area contributed by atoms with Gasteiger partial charge in [-0.05, 0) is 43.2 Å². The maximum atomic E-state index is 13.8. The van der Waals surface area contributed by atoms with Crippen LogP contribution in [0.25, 0.3) is 0 Å². The Hall–Kier alpha value is -2.34. The van der Waals surface area contributed by atoms with E-state index < -0.39 is 11.2 Å². The Kier molecular flexibility index (Phi) is 5.98. The first kappa shape index (κ1) is 18.0. The van der Waals surface area contributed by atoms with E-state index in [1.54, 1.807) is 43.3 Å². The van der Waals surface area contributed by atoms with Gasteiger partial charge in [0, 0.05) is 10.6 Å². The molecule has 2 rings (SSSR count). The summed E-state index contributed by atoms with van der Waals surface area (Å²) in [5.41, 5.74) is 6.67. The van der Waals surface area contributed by atoms with Crippen LogP contribution < -0.4 is 11.1 Å². The van der Waals surface area contributed by atoms with Crippen LogP contribution in [0.15, 0.2) is 47.4 Å². The number of hydrogen-bond acceptors (Lipinski definition) is 3. The SMILES string of the molecule is CCc1ccc(NC(=O)c2ccccc2S[C@H](C)C(N)=O)cc1F. The number of benzene rings is 2. The number of nitrogens with two attached hydrogens (primary N) is 1. The number of rotatable bonds is 6. The van der Waals surface area contributed by atoms with Crippen LogP contribution in [0.5, 0.6) is 0 Å². The third-order valence-electron chi connectivity index (χ3n) is 3.53. The molecule has 6 heteroatoms. The molecule has 0 fully saturated rings. The fourth-order valence-electron chi connectivity index (χ4n) is 2.12.